The number of rotatable bonds is 4. The lowest BCUT2D eigenvalue weighted by Crippen LogP contribution is -2.39. The zero-order chi connectivity index (χ0) is 14.0. The van der Waals surface area contributed by atoms with Crippen molar-refractivity contribution in [2.24, 2.45) is 14.1 Å². The van der Waals surface area contributed by atoms with E-state index in [1.807, 2.05) is 11.8 Å². The van der Waals surface area contributed by atoms with Gasteiger partial charge in [-0.25, -0.2) is 4.79 Å². The molecule has 1 fully saturated rings. The van der Waals surface area contributed by atoms with Gasteiger partial charge in [-0.05, 0) is 25.5 Å². The molecule has 0 saturated heterocycles. The highest BCUT2D eigenvalue weighted by Gasteiger charge is 2.23. The Hall–Kier alpha value is -1.01. The molecule has 0 spiro atoms. The van der Waals surface area contributed by atoms with Gasteiger partial charge < -0.3 is 5.32 Å². The lowest BCUT2D eigenvalue weighted by molar-refractivity contribution is 0.504. The van der Waals surface area contributed by atoms with Crippen LogP contribution >= 0.6 is 11.8 Å². The molecule has 0 amide bonds. The van der Waals surface area contributed by atoms with Crippen molar-refractivity contribution in [2.75, 3.05) is 6.26 Å². The van der Waals surface area contributed by atoms with Crippen molar-refractivity contribution in [1.29, 1.82) is 0 Å². The summed E-state index contributed by atoms with van der Waals surface area (Å²) in [6.07, 6.45) is 5.73. The van der Waals surface area contributed by atoms with Crippen molar-refractivity contribution < 1.29 is 0 Å². The molecule has 0 radical (unpaired) electrons. The zero-order valence-corrected chi connectivity index (χ0v) is 12.5. The van der Waals surface area contributed by atoms with Crippen LogP contribution in [0.5, 0.6) is 0 Å². The predicted molar refractivity (Wildman–Crippen MR) is 78.7 cm³/mol. The van der Waals surface area contributed by atoms with Crippen LogP contribution in [-0.2, 0) is 20.6 Å². The van der Waals surface area contributed by atoms with Crippen LogP contribution in [0.1, 0.15) is 25.0 Å². The monoisotopic (exact) mass is 283 g/mol. The predicted octanol–water partition coefficient (Wildman–Crippen LogP) is 0.458. The molecule has 19 heavy (non-hydrogen) atoms. The second-order valence-electron chi connectivity index (χ2n) is 5.12. The van der Waals surface area contributed by atoms with E-state index in [1.165, 1.54) is 36.9 Å². The molecule has 2 atom stereocenters. The quantitative estimate of drug-likeness (QED) is 0.872. The van der Waals surface area contributed by atoms with Crippen molar-refractivity contribution in [3.63, 3.8) is 0 Å². The third-order valence-electron chi connectivity index (χ3n) is 3.92. The number of nitrogens with one attached hydrogen (secondary N) is 1. The van der Waals surface area contributed by atoms with Crippen LogP contribution < -0.4 is 16.6 Å². The van der Waals surface area contributed by atoms with E-state index in [0.29, 0.717) is 12.6 Å². The number of hydrogen-bond acceptors (Lipinski definition) is 4. The average Bonchev–Trinajstić information content (AvgIpc) is 2.87. The van der Waals surface area contributed by atoms with E-state index in [4.69, 9.17) is 0 Å². The van der Waals surface area contributed by atoms with Crippen LogP contribution in [0.15, 0.2) is 15.7 Å². The minimum atomic E-state index is -0.266. The van der Waals surface area contributed by atoms with Gasteiger partial charge in [0, 0.05) is 43.7 Å². The van der Waals surface area contributed by atoms with Gasteiger partial charge in [-0.15, -0.1) is 0 Å². The first-order chi connectivity index (χ1) is 9.02. The molecule has 1 saturated carbocycles. The van der Waals surface area contributed by atoms with E-state index in [9.17, 15) is 9.59 Å². The van der Waals surface area contributed by atoms with E-state index >= 15 is 0 Å². The molecule has 5 nitrogen and oxygen atoms in total. The van der Waals surface area contributed by atoms with Gasteiger partial charge in [0.05, 0.1) is 0 Å². The molecule has 2 unspecified atom stereocenters. The molecule has 0 aromatic carbocycles. The topological polar surface area (TPSA) is 56.0 Å². The van der Waals surface area contributed by atoms with Crippen molar-refractivity contribution >= 4 is 11.8 Å². The summed E-state index contributed by atoms with van der Waals surface area (Å²) in [5.74, 6) is 0. The summed E-state index contributed by atoms with van der Waals surface area (Å²) in [5.41, 5.74) is 0.242. The summed E-state index contributed by atoms with van der Waals surface area (Å²) >= 11 is 1.92. The fourth-order valence-electron chi connectivity index (χ4n) is 2.54. The normalized spacial score (nSPS) is 22.9. The van der Waals surface area contributed by atoms with E-state index in [-0.39, 0.29) is 11.2 Å². The molecule has 1 aliphatic rings. The minimum absolute atomic E-state index is 0.242. The molecular weight excluding hydrogens is 262 g/mol. The maximum Gasteiger partial charge on any atom is 0.330 e. The molecule has 1 aromatic heterocycles. The van der Waals surface area contributed by atoms with Crippen LogP contribution in [0.4, 0.5) is 0 Å². The summed E-state index contributed by atoms with van der Waals surface area (Å²) < 4.78 is 2.66. The van der Waals surface area contributed by atoms with Gasteiger partial charge in [-0.1, -0.05) is 0 Å². The van der Waals surface area contributed by atoms with Gasteiger partial charge >= 0.3 is 5.69 Å². The maximum atomic E-state index is 11.8. The Bertz CT molecular complexity index is 564. The van der Waals surface area contributed by atoms with Gasteiger partial charge in [0.2, 0.25) is 0 Å². The largest absolute Gasteiger partial charge is 0.330 e. The molecule has 6 heteroatoms. The molecule has 0 bridgehead atoms. The van der Waals surface area contributed by atoms with Crippen molar-refractivity contribution in [3.05, 3.63) is 32.6 Å². The number of nitrogens with zero attached hydrogens (tertiary/aromatic N) is 2. The Morgan fingerprint density at radius 1 is 1.32 bits per heavy atom. The van der Waals surface area contributed by atoms with Crippen LogP contribution in [-0.4, -0.2) is 26.7 Å². The van der Waals surface area contributed by atoms with Crippen LogP contribution in [0.25, 0.3) is 0 Å². The second-order valence-corrected chi connectivity index (χ2v) is 6.26. The average molecular weight is 283 g/mol. The number of hydrogen-bond donors (Lipinski definition) is 1. The van der Waals surface area contributed by atoms with Crippen LogP contribution in [0.2, 0.25) is 0 Å². The van der Waals surface area contributed by atoms with Crippen LogP contribution in [0.3, 0.4) is 0 Å². The third kappa shape index (κ3) is 3.12. The Labute approximate surface area is 117 Å². The lowest BCUT2D eigenvalue weighted by Gasteiger charge is -2.15. The standard InChI is InChI=1S/C13H21N3O2S/c1-15-10(7-12(17)16(2)13(15)18)8-14-9-4-5-11(6-9)19-3/h7,9,11,14H,4-6,8H2,1-3H3. The fraction of sp³-hybridized carbons (Fsp3) is 0.692. The van der Waals surface area contributed by atoms with E-state index in [2.05, 4.69) is 11.6 Å². The first-order valence-corrected chi connectivity index (χ1v) is 7.84. The number of aromatic nitrogens is 2. The summed E-state index contributed by atoms with van der Waals surface area (Å²) in [4.78, 5) is 23.4. The molecule has 1 heterocycles. The first-order valence-electron chi connectivity index (χ1n) is 6.55. The van der Waals surface area contributed by atoms with E-state index < -0.39 is 0 Å². The van der Waals surface area contributed by atoms with Crippen molar-refractivity contribution in [3.8, 4) is 0 Å². The van der Waals surface area contributed by atoms with Gasteiger partial charge in [-0.3, -0.25) is 13.9 Å². The fourth-order valence-corrected chi connectivity index (χ4v) is 3.33. The molecular formula is C13H21N3O2S. The van der Waals surface area contributed by atoms with Gasteiger partial charge in [0.25, 0.3) is 5.56 Å². The summed E-state index contributed by atoms with van der Waals surface area (Å²) in [7, 11) is 3.21. The SMILES string of the molecule is CSC1CCC(NCc2cc(=O)n(C)c(=O)n2C)C1. The smallest absolute Gasteiger partial charge is 0.308 e. The number of thioether (sulfide) groups is 1. The molecule has 1 N–H and O–H groups in total. The Morgan fingerprint density at radius 3 is 2.68 bits per heavy atom. The molecule has 1 aromatic rings. The first kappa shape index (κ1) is 14.4. The van der Waals surface area contributed by atoms with Gasteiger partial charge in [0.1, 0.15) is 0 Å². The summed E-state index contributed by atoms with van der Waals surface area (Å²) in [6, 6.07) is 2.03. The van der Waals surface area contributed by atoms with Crippen molar-refractivity contribution in [1.82, 2.24) is 14.5 Å². The second kappa shape index (κ2) is 5.96. The molecule has 2 rings (SSSR count). The van der Waals surface area contributed by atoms with E-state index in [1.54, 1.807) is 7.05 Å². The third-order valence-corrected chi connectivity index (χ3v) is 5.01. The molecule has 0 aliphatic heterocycles. The van der Waals surface area contributed by atoms with Gasteiger partial charge in [0.15, 0.2) is 0 Å². The van der Waals surface area contributed by atoms with Crippen molar-refractivity contribution in [2.45, 2.75) is 37.1 Å². The molecule has 1 aliphatic carbocycles. The van der Waals surface area contributed by atoms with Crippen LogP contribution in [0, 0.1) is 0 Å². The highest BCUT2D eigenvalue weighted by molar-refractivity contribution is 7.99. The van der Waals surface area contributed by atoms with E-state index in [0.717, 1.165) is 15.5 Å². The Kier molecular flexibility index (Phi) is 4.52. The Morgan fingerprint density at radius 2 is 2.05 bits per heavy atom. The maximum absolute atomic E-state index is 11.8. The highest BCUT2D eigenvalue weighted by atomic mass is 32.2. The minimum Gasteiger partial charge on any atom is -0.308 e. The highest BCUT2D eigenvalue weighted by Crippen LogP contribution is 2.28. The Balaban J connectivity index is 2.05. The zero-order valence-electron chi connectivity index (χ0n) is 11.7. The lowest BCUT2D eigenvalue weighted by atomic mass is 10.2. The van der Waals surface area contributed by atoms with Gasteiger partial charge in [-0.2, -0.15) is 11.8 Å². The summed E-state index contributed by atoms with van der Waals surface area (Å²) in [6.45, 7) is 0.577. The molecule has 106 valence electrons. The summed E-state index contributed by atoms with van der Waals surface area (Å²) in [5, 5.41) is 4.20.